The van der Waals surface area contributed by atoms with E-state index in [1.54, 1.807) is 6.20 Å². The van der Waals surface area contributed by atoms with Gasteiger partial charge < -0.3 is 10.1 Å². The van der Waals surface area contributed by atoms with Gasteiger partial charge in [-0.25, -0.2) is 4.98 Å². The Hall–Kier alpha value is -1.26. The van der Waals surface area contributed by atoms with E-state index in [2.05, 4.69) is 26.2 Å². The molecule has 0 aliphatic heterocycles. The van der Waals surface area contributed by atoms with Gasteiger partial charge in [0.2, 0.25) is 0 Å². The van der Waals surface area contributed by atoms with E-state index >= 15 is 0 Å². The zero-order valence-electron chi connectivity index (χ0n) is 9.78. The Morgan fingerprint density at radius 1 is 1.33 bits per heavy atom. The van der Waals surface area contributed by atoms with E-state index in [0.29, 0.717) is 17.4 Å². The largest absolute Gasteiger partial charge is 0.487 e. The molecule has 3 nitrogen and oxygen atoms in total. The molecule has 0 unspecified atom stereocenters. The van der Waals surface area contributed by atoms with E-state index in [1.807, 2.05) is 37.4 Å². The maximum atomic E-state index is 6.07. The molecule has 0 saturated heterocycles. The third-order valence-electron chi connectivity index (χ3n) is 2.37. The number of nitrogens with one attached hydrogen (secondary N) is 1. The van der Waals surface area contributed by atoms with Crippen molar-refractivity contribution < 1.29 is 4.74 Å². The Bertz CT molecular complexity index is 548. The molecule has 5 heteroatoms. The van der Waals surface area contributed by atoms with Gasteiger partial charge in [-0.15, -0.1) is 0 Å². The van der Waals surface area contributed by atoms with Gasteiger partial charge in [0.05, 0.1) is 5.02 Å². The summed E-state index contributed by atoms with van der Waals surface area (Å²) in [6.07, 6.45) is 1.74. The van der Waals surface area contributed by atoms with Gasteiger partial charge in [-0.05, 0) is 35.9 Å². The van der Waals surface area contributed by atoms with Gasteiger partial charge in [-0.3, -0.25) is 0 Å². The molecule has 0 amide bonds. The predicted molar refractivity (Wildman–Crippen MR) is 77.3 cm³/mol. The topological polar surface area (TPSA) is 34.1 Å². The normalized spacial score (nSPS) is 10.2. The Labute approximate surface area is 119 Å². The molecule has 0 aliphatic rings. The van der Waals surface area contributed by atoms with Gasteiger partial charge in [0, 0.05) is 17.7 Å². The van der Waals surface area contributed by atoms with Crippen molar-refractivity contribution in [2.75, 3.05) is 12.4 Å². The third kappa shape index (κ3) is 3.37. The number of rotatable bonds is 4. The molecule has 1 aromatic carbocycles. The van der Waals surface area contributed by atoms with Crippen LogP contribution < -0.4 is 10.1 Å². The summed E-state index contributed by atoms with van der Waals surface area (Å²) in [5.74, 6) is 1.49. The zero-order valence-corrected chi connectivity index (χ0v) is 12.1. The predicted octanol–water partition coefficient (Wildman–Crippen LogP) is 4.12. The average Bonchev–Trinajstić information content (AvgIpc) is 2.38. The molecule has 2 rings (SSSR count). The van der Waals surface area contributed by atoms with Gasteiger partial charge in [-0.2, -0.15) is 0 Å². The van der Waals surface area contributed by atoms with Crippen molar-refractivity contribution >= 4 is 33.3 Å². The van der Waals surface area contributed by atoms with Crippen molar-refractivity contribution in [1.29, 1.82) is 0 Å². The molecular formula is C13H12BrClN2O. The number of ether oxygens (including phenoxy) is 1. The Morgan fingerprint density at radius 3 is 2.89 bits per heavy atom. The van der Waals surface area contributed by atoms with Gasteiger partial charge in [0.25, 0.3) is 0 Å². The van der Waals surface area contributed by atoms with Gasteiger partial charge in [-0.1, -0.05) is 27.5 Å². The molecule has 1 N–H and O–H groups in total. The molecule has 1 aromatic heterocycles. The maximum Gasteiger partial charge on any atom is 0.138 e. The highest BCUT2D eigenvalue weighted by molar-refractivity contribution is 9.10. The van der Waals surface area contributed by atoms with Crippen LogP contribution in [0.2, 0.25) is 5.02 Å². The highest BCUT2D eigenvalue weighted by atomic mass is 79.9. The number of halogens is 2. The average molecular weight is 328 g/mol. The van der Waals surface area contributed by atoms with Crippen LogP contribution in [0.3, 0.4) is 0 Å². The molecular weight excluding hydrogens is 316 g/mol. The summed E-state index contributed by atoms with van der Waals surface area (Å²) in [7, 11) is 1.83. The summed E-state index contributed by atoms with van der Waals surface area (Å²) in [6, 6.07) is 9.39. The van der Waals surface area contributed by atoms with E-state index in [0.717, 1.165) is 15.9 Å². The lowest BCUT2D eigenvalue weighted by Gasteiger charge is -2.09. The van der Waals surface area contributed by atoms with Crippen molar-refractivity contribution in [1.82, 2.24) is 4.98 Å². The molecule has 2 aromatic rings. The van der Waals surface area contributed by atoms with Crippen LogP contribution in [0.1, 0.15) is 5.56 Å². The van der Waals surface area contributed by atoms with Gasteiger partial charge >= 0.3 is 0 Å². The zero-order chi connectivity index (χ0) is 13.0. The minimum atomic E-state index is 0.457. The third-order valence-corrected chi connectivity index (χ3v) is 3.16. The van der Waals surface area contributed by atoms with Gasteiger partial charge in [0.1, 0.15) is 18.2 Å². The fraction of sp³-hybridized carbons (Fsp3) is 0.154. The minimum absolute atomic E-state index is 0.457. The SMILES string of the molecule is CNc1cc(COc2ccc(Br)cc2Cl)ccn1. The highest BCUT2D eigenvalue weighted by Crippen LogP contribution is 2.28. The fourth-order valence-electron chi connectivity index (χ4n) is 1.45. The van der Waals surface area contributed by atoms with Crippen LogP contribution in [0.4, 0.5) is 5.82 Å². The molecule has 0 aliphatic carbocycles. The van der Waals surface area contributed by atoms with Crippen molar-refractivity contribution in [3.05, 3.63) is 51.6 Å². The Morgan fingerprint density at radius 2 is 2.17 bits per heavy atom. The second-order valence-electron chi connectivity index (χ2n) is 3.66. The summed E-state index contributed by atoms with van der Waals surface area (Å²) >= 11 is 9.43. The second-order valence-corrected chi connectivity index (χ2v) is 4.99. The fourth-order valence-corrected chi connectivity index (χ4v) is 2.18. The van der Waals surface area contributed by atoms with Crippen LogP contribution in [0.25, 0.3) is 0 Å². The van der Waals surface area contributed by atoms with Crippen LogP contribution in [-0.2, 0) is 6.61 Å². The van der Waals surface area contributed by atoms with Crippen LogP contribution in [0, 0.1) is 0 Å². The molecule has 0 saturated carbocycles. The molecule has 94 valence electrons. The second kappa shape index (κ2) is 6.07. The first kappa shape index (κ1) is 13.2. The lowest BCUT2D eigenvalue weighted by atomic mass is 10.3. The monoisotopic (exact) mass is 326 g/mol. The van der Waals surface area contributed by atoms with Crippen LogP contribution >= 0.6 is 27.5 Å². The highest BCUT2D eigenvalue weighted by Gasteiger charge is 2.03. The number of aromatic nitrogens is 1. The van der Waals surface area contributed by atoms with E-state index in [9.17, 15) is 0 Å². The molecule has 0 atom stereocenters. The van der Waals surface area contributed by atoms with Crippen LogP contribution in [-0.4, -0.2) is 12.0 Å². The van der Waals surface area contributed by atoms with E-state index < -0.39 is 0 Å². The smallest absolute Gasteiger partial charge is 0.138 e. The molecule has 0 fully saturated rings. The number of pyridine rings is 1. The molecule has 0 bridgehead atoms. The lowest BCUT2D eigenvalue weighted by molar-refractivity contribution is 0.306. The van der Waals surface area contributed by atoms with E-state index in [4.69, 9.17) is 16.3 Å². The first-order valence-electron chi connectivity index (χ1n) is 5.39. The van der Waals surface area contributed by atoms with Crippen molar-refractivity contribution in [2.24, 2.45) is 0 Å². The maximum absolute atomic E-state index is 6.07. The summed E-state index contributed by atoms with van der Waals surface area (Å²) in [6.45, 7) is 0.457. The van der Waals surface area contributed by atoms with Gasteiger partial charge in [0.15, 0.2) is 0 Å². The standard InChI is InChI=1S/C13H12BrClN2O/c1-16-13-6-9(4-5-17-13)8-18-12-3-2-10(14)7-11(12)15/h2-7H,8H2,1H3,(H,16,17). The quantitative estimate of drug-likeness (QED) is 0.917. The first-order valence-corrected chi connectivity index (χ1v) is 6.56. The lowest BCUT2D eigenvalue weighted by Crippen LogP contribution is -1.98. The summed E-state index contributed by atoms with van der Waals surface area (Å²) in [4.78, 5) is 4.14. The summed E-state index contributed by atoms with van der Waals surface area (Å²) in [5.41, 5.74) is 1.04. The summed E-state index contributed by atoms with van der Waals surface area (Å²) in [5, 5.41) is 3.58. The number of nitrogens with zero attached hydrogens (tertiary/aromatic N) is 1. The molecule has 0 spiro atoms. The molecule has 18 heavy (non-hydrogen) atoms. The van der Waals surface area contributed by atoms with E-state index in [1.165, 1.54) is 0 Å². The molecule has 1 heterocycles. The van der Waals surface area contributed by atoms with Crippen molar-refractivity contribution in [2.45, 2.75) is 6.61 Å². The minimum Gasteiger partial charge on any atom is -0.487 e. The number of hydrogen-bond acceptors (Lipinski definition) is 3. The first-order chi connectivity index (χ1) is 8.69. The number of anilines is 1. The van der Waals surface area contributed by atoms with Crippen LogP contribution in [0.15, 0.2) is 41.0 Å². The Balaban J connectivity index is 2.06. The van der Waals surface area contributed by atoms with E-state index in [-0.39, 0.29) is 0 Å². The number of hydrogen-bond donors (Lipinski definition) is 1. The van der Waals surface area contributed by atoms with Crippen molar-refractivity contribution in [3.8, 4) is 5.75 Å². The number of benzene rings is 1. The Kier molecular flexibility index (Phi) is 4.44. The summed E-state index contributed by atoms with van der Waals surface area (Å²) < 4.78 is 6.60. The van der Waals surface area contributed by atoms with Crippen LogP contribution in [0.5, 0.6) is 5.75 Å². The molecule has 0 radical (unpaired) electrons. The van der Waals surface area contributed by atoms with Crippen molar-refractivity contribution in [3.63, 3.8) is 0 Å².